The fraction of sp³-hybridized carbons (Fsp3) is 0.533. The first-order valence-corrected chi connectivity index (χ1v) is 8.44. The Morgan fingerprint density at radius 2 is 1.81 bits per heavy atom. The van der Waals surface area contributed by atoms with Crippen molar-refractivity contribution in [1.29, 1.82) is 0 Å². The number of guanidine groups is 1. The average Bonchev–Trinajstić information content (AvgIpc) is 2.48. The molecule has 0 fully saturated rings. The van der Waals surface area contributed by atoms with Gasteiger partial charge in [0, 0.05) is 25.7 Å². The van der Waals surface area contributed by atoms with E-state index < -0.39 is 11.6 Å². The van der Waals surface area contributed by atoms with Gasteiger partial charge in [-0.1, -0.05) is 6.07 Å². The third-order valence-corrected chi connectivity index (χ3v) is 3.72. The maximum absolute atomic E-state index is 13.5. The van der Waals surface area contributed by atoms with Gasteiger partial charge < -0.3 is 10.6 Å². The lowest BCUT2D eigenvalue weighted by Crippen LogP contribution is -2.38. The van der Waals surface area contributed by atoms with E-state index >= 15 is 0 Å². The molecule has 0 aliphatic rings. The first kappa shape index (κ1) is 17.8. The molecule has 0 aliphatic heterocycles. The van der Waals surface area contributed by atoms with Crippen LogP contribution in [0.1, 0.15) is 18.4 Å². The van der Waals surface area contributed by atoms with E-state index in [1.807, 2.05) is 11.8 Å². The van der Waals surface area contributed by atoms with Crippen molar-refractivity contribution in [3.63, 3.8) is 0 Å². The Bertz CT molecular complexity index is 432. The van der Waals surface area contributed by atoms with Gasteiger partial charge in [-0.05, 0) is 43.4 Å². The van der Waals surface area contributed by atoms with Crippen LogP contribution in [0.5, 0.6) is 0 Å². The molecular weight excluding hydrogens is 292 g/mol. The second-order valence-electron chi connectivity index (χ2n) is 4.58. The molecular formula is C15H23F2N3S. The molecule has 1 aromatic carbocycles. The van der Waals surface area contributed by atoms with Gasteiger partial charge in [0.1, 0.15) is 11.6 Å². The maximum atomic E-state index is 13.5. The Labute approximate surface area is 129 Å². The van der Waals surface area contributed by atoms with Crippen LogP contribution >= 0.6 is 11.8 Å². The molecule has 0 spiro atoms. The lowest BCUT2D eigenvalue weighted by molar-refractivity contribution is 0.553. The molecule has 0 radical (unpaired) electrons. The molecule has 1 rings (SSSR count). The number of thioether (sulfide) groups is 1. The molecule has 0 saturated carbocycles. The normalized spacial score (nSPS) is 11.5. The molecule has 21 heavy (non-hydrogen) atoms. The number of benzene rings is 1. The van der Waals surface area contributed by atoms with Crippen LogP contribution in [0.2, 0.25) is 0 Å². The highest BCUT2D eigenvalue weighted by atomic mass is 32.2. The highest BCUT2D eigenvalue weighted by Crippen LogP contribution is 2.11. The van der Waals surface area contributed by atoms with Crippen LogP contribution in [0, 0.1) is 11.6 Å². The van der Waals surface area contributed by atoms with Crippen molar-refractivity contribution < 1.29 is 8.78 Å². The van der Waals surface area contributed by atoms with Gasteiger partial charge in [-0.2, -0.15) is 11.8 Å². The van der Waals surface area contributed by atoms with Crippen molar-refractivity contribution in [2.75, 3.05) is 32.1 Å². The summed E-state index contributed by atoms with van der Waals surface area (Å²) in [4.78, 5) is 4.08. The van der Waals surface area contributed by atoms with Gasteiger partial charge >= 0.3 is 0 Å². The number of rotatable bonds is 8. The van der Waals surface area contributed by atoms with Crippen LogP contribution in [-0.4, -0.2) is 38.1 Å². The highest BCUT2D eigenvalue weighted by Gasteiger charge is 2.07. The smallest absolute Gasteiger partial charge is 0.190 e. The van der Waals surface area contributed by atoms with Crippen LogP contribution in [0.25, 0.3) is 0 Å². The van der Waals surface area contributed by atoms with E-state index in [-0.39, 0.29) is 12.0 Å². The molecule has 3 nitrogen and oxygen atoms in total. The zero-order chi connectivity index (χ0) is 15.5. The van der Waals surface area contributed by atoms with Crippen molar-refractivity contribution in [2.24, 2.45) is 4.99 Å². The summed E-state index contributed by atoms with van der Waals surface area (Å²) in [5.41, 5.74) is 0.112. The number of hydrogen-bond acceptors (Lipinski definition) is 2. The number of halogens is 2. The van der Waals surface area contributed by atoms with Gasteiger partial charge in [-0.3, -0.25) is 4.99 Å². The number of unbranched alkanes of at least 4 members (excludes halogenated alkanes) is 1. The van der Waals surface area contributed by atoms with Gasteiger partial charge in [0.05, 0.1) is 0 Å². The quantitative estimate of drug-likeness (QED) is 0.440. The predicted molar refractivity (Wildman–Crippen MR) is 87.0 cm³/mol. The fourth-order valence-electron chi connectivity index (χ4n) is 1.88. The average molecular weight is 315 g/mol. The Balaban J connectivity index is 2.29. The van der Waals surface area contributed by atoms with Crippen molar-refractivity contribution in [1.82, 2.24) is 10.6 Å². The highest BCUT2D eigenvalue weighted by molar-refractivity contribution is 7.98. The molecule has 0 atom stereocenters. The third-order valence-electron chi connectivity index (χ3n) is 3.02. The Hall–Kier alpha value is -1.30. The Morgan fingerprint density at radius 3 is 2.43 bits per heavy atom. The summed E-state index contributed by atoms with van der Waals surface area (Å²) in [6.07, 6.45) is 4.61. The first-order valence-electron chi connectivity index (χ1n) is 7.05. The van der Waals surface area contributed by atoms with Gasteiger partial charge in [-0.25, -0.2) is 8.78 Å². The molecule has 0 aliphatic carbocycles. The lowest BCUT2D eigenvalue weighted by Gasteiger charge is -2.12. The van der Waals surface area contributed by atoms with Crippen LogP contribution in [0.4, 0.5) is 8.78 Å². The topological polar surface area (TPSA) is 36.4 Å². The van der Waals surface area contributed by atoms with E-state index in [1.54, 1.807) is 7.05 Å². The van der Waals surface area contributed by atoms with Crippen LogP contribution in [-0.2, 0) is 6.42 Å². The monoisotopic (exact) mass is 315 g/mol. The molecule has 0 aromatic heterocycles. The van der Waals surface area contributed by atoms with Crippen molar-refractivity contribution in [3.05, 3.63) is 35.4 Å². The third kappa shape index (κ3) is 6.80. The van der Waals surface area contributed by atoms with E-state index in [1.165, 1.54) is 18.2 Å². The number of nitrogens with one attached hydrogen (secondary N) is 2. The minimum atomic E-state index is -0.503. The minimum Gasteiger partial charge on any atom is -0.356 e. The summed E-state index contributed by atoms with van der Waals surface area (Å²) in [6.45, 7) is 1.27. The SMILES string of the molecule is CN=C(NCCCCSC)NCCc1c(F)cccc1F. The van der Waals surface area contributed by atoms with Gasteiger partial charge in [-0.15, -0.1) is 0 Å². The Morgan fingerprint density at radius 1 is 1.14 bits per heavy atom. The minimum absolute atomic E-state index is 0.112. The van der Waals surface area contributed by atoms with E-state index in [0.717, 1.165) is 25.1 Å². The molecule has 118 valence electrons. The summed E-state index contributed by atoms with van der Waals surface area (Å²) in [5, 5.41) is 6.25. The molecule has 1 aromatic rings. The zero-order valence-electron chi connectivity index (χ0n) is 12.6. The maximum Gasteiger partial charge on any atom is 0.190 e. The van der Waals surface area contributed by atoms with Crippen LogP contribution in [0.15, 0.2) is 23.2 Å². The van der Waals surface area contributed by atoms with E-state index in [0.29, 0.717) is 12.5 Å². The molecule has 0 amide bonds. The zero-order valence-corrected chi connectivity index (χ0v) is 13.4. The second-order valence-corrected chi connectivity index (χ2v) is 5.56. The van der Waals surface area contributed by atoms with Crippen molar-refractivity contribution in [2.45, 2.75) is 19.3 Å². The Kier molecular flexibility index (Phi) is 8.82. The number of hydrogen-bond donors (Lipinski definition) is 2. The molecule has 0 saturated heterocycles. The molecule has 0 bridgehead atoms. The summed E-state index contributed by atoms with van der Waals surface area (Å²) in [6, 6.07) is 3.92. The molecule has 2 N–H and O–H groups in total. The largest absolute Gasteiger partial charge is 0.356 e. The first-order chi connectivity index (χ1) is 10.2. The van der Waals surface area contributed by atoms with E-state index in [4.69, 9.17) is 0 Å². The summed E-state index contributed by atoms with van der Waals surface area (Å²) >= 11 is 1.84. The van der Waals surface area contributed by atoms with Gasteiger partial charge in [0.2, 0.25) is 0 Å². The number of nitrogens with zero attached hydrogens (tertiary/aromatic N) is 1. The predicted octanol–water partition coefficient (Wildman–Crippen LogP) is 2.82. The fourth-order valence-corrected chi connectivity index (χ4v) is 2.37. The molecule has 6 heteroatoms. The van der Waals surface area contributed by atoms with E-state index in [9.17, 15) is 8.78 Å². The molecule has 0 unspecified atom stereocenters. The standard InChI is InChI=1S/C15H23F2N3S/c1-18-15(19-9-3-4-11-21-2)20-10-8-12-13(16)6-5-7-14(12)17/h5-7H,3-4,8-11H2,1-2H3,(H2,18,19,20). The lowest BCUT2D eigenvalue weighted by atomic mass is 10.1. The second kappa shape index (κ2) is 10.4. The summed E-state index contributed by atoms with van der Waals surface area (Å²) in [5.74, 6) is 0.810. The number of aliphatic imine (C=N–C) groups is 1. The van der Waals surface area contributed by atoms with Crippen molar-refractivity contribution in [3.8, 4) is 0 Å². The van der Waals surface area contributed by atoms with Gasteiger partial charge in [0.15, 0.2) is 5.96 Å². The summed E-state index contributed by atoms with van der Waals surface area (Å²) < 4.78 is 26.9. The van der Waals surface area contributed by atoms with Crippen LogP contribution in [0.3, 0.4) is 0 Å². The van der Waals surface area contributed by atoms with E-state index in [2.05, 4.69) is 21.9 Å². The van der Waals surface area contributed by atoms with Gasteiger partial charge in [0.25, 0.3) is 0 Å². The molecule has 0 heterocycles. The van der Waals surface area contributed by atoms with Crippen LogP contribution < -0.4 is 10.6 Å². The summed E-state index contributed by atoms with van der Waals surface area (Å²) in [7, 11) is 1.68. The van der Waals surface area contributed by atoms with Crippen molar-refractivity contribution >= 4 is 17.7 Å².